The van der Waals surface area contributed by atoms with E-state index in [2.05, 4.69) is 31.2 Å². The third-order valence-corrected chi connectivity index (χ3v) is 9.39. The van der Waals surface area contributed by atoms with Crippen molar-refractivity contribution in [2.75, 3.05) is 13.7 Å². The van der Waals surface area contributed by atoms with Crippen molar-refractivity contribution in [3.8, 4) is 0 Å². The third-order valence-electron chi connectivity index (χ3n) is 9.39. The van der Waals surface area contributed by atoms with Crippen LogP contribution in [0.4, 0.5) is 0 Å². The minimum atomic E-state index is -1.17. The highest BCUT2D eigenvalue weighted by atomic mass is 16.5. The number of ether oxygens (including phenoxy) is 1. The SMILES string of the molecule is CCC[C@H](NC(=O)[C@@H]1C2CCCC2CN1C(=O)[C@@H](NC(=O)[C@@H](NC(=O)c1cnccn1)[C@@H](C)OC)C(C)(C)C)C(=O)C(=O)NC1CC1. The number of Topliss-reactive ketones (excluding diaryl/α,β-unsaturated/α-hetero) is 1. The van der Waals surface area contributed by atoms with E-state index in [9.17, 15) is 28.8 Å². The van der Waals surface area contributed by atoms with Crippen molar-refractivity contribution < 1.29 is 33.5 Å². The van der Waals surface area contributed by atoms with Gasteiger partial charge in [0, 0.05) is 32.1 Å². The molecule has 4 rings (SSSR count). The molecule has 2 heterocycles. The second kappa shape index (κ2) is 15.3. The van der Waals surface area contributed by atoms with Gasteiger partial charge < -0.3 is 30.9 Å². The van der Waals surface area contributed by atoms with Gasteiger partial charge >= 0.3 is 0 Å². The fraction of sp³-hybridized carbons (Fsp3) is 0.697. The van der Waals surface area contributed by atoms with Crippen LogP contribution in [0.1, 0.15) is 90.1 Å². The van der Waals surface area contributed by atoms with Gasteiger partial charge in [0.2, 0.25) is 23.5 Å². The summed E-state index contributed by atoms with van der Waals surface area (Å²) in [6.45, 7) is 9.25. The van der Waals surface area contributed by atoms with E-state index in [1.54, 1.807) is 6.92 Å². The van der Waals surface area contributed by atoms with Gasteiger partial charge in [-0.15, -0.1) is 0 Å². The van der Waals surface area contributed by atoms with Crippen LogP contribution in [0, 0.1) is 17.3 Å². The molecule has 1 aromatic rings. The maximum Gasteiger partial charge on any atom is 0.289 e. The number of nitrogens with zero attached hydrogens (tertiary/aromatic N) is 3. The number of methoxy groups -OCH3 is 1. The van der Waals surface area contributed by atoms with Crippen LogP contribution in [0.25, 0.3) is 0 Å². The lowest BCUT2D eigenvalue weighted by Gasteiger charge is -2.37. The number of likely N-dealkylation sites (tertiary alicyclic amines) is 1. The minimum absolute atomic E-state index is 0.00275. The molecule has 2 aliphatic carbocycles. The fourth-order valence-corrected chi connectivity index (χ4v) is 6.54. The summed E-state index contributed by atoms with van der Waals surface area (Å²) < 4.78 is 5.40. The van der Waals surface area contributed by atoms with Gasteiger partial charge in [0.15, 0.2) is 0 Å². The molecule has 0 aromatic carbocycles. The molecule has 2 saturated carbocycles. The molecule has 14 nitrogen and oxygen atoms in total. The number of ketones is 1. The Hall–Kier alpha value is -3.94. The van der Waals surface area contributed by atoms with Crippen molar-refractivity contribution in [1.29, 1.82) is 0 Å². The van der Waals surface area contributed by atoms with Gasteiger partial charge in [-0.2, -0.15) is 0 Å². The maximum absolute atomic E-state index is 14.4. The number of rotatable bonds is 14. The first kappa shape index (κ1) is 35.9. The number of nitrogens with one attached hydrogen (secondary N) is 4. The summed E-state index contributed by atoms with van der Waals surface area (Å²) in [6, 6.07) is -4.10. The molecule has 1 aromatic heterocycles. The van der Waals surface area contributed by atoms with Crippen molar-refractivity contribution >= 4 is 35.3 Å². The molecule has 3 fully saturated rings. The van der Waals surface area contributed by atoms with Crippen molar-refractivity contribution in [1.82, 2.24) is 36.1 Å². The molecule has 4 N–H and O–H groups in total. The number of aromatic nitrogens is 2. The lowest BCUT2D eigenvalue weighted by Crippen LogP contribution is -2.62. The molecule has 47 heavy (non-hydrogen) atoms. The van der Waals surface area contributed by atoms with Crippen LogP contribution in [0.15, 0.2) is 18.6 Å². The molecule has 5 amide bonds. The topological polar surface area (TPSA) is 189 Å². The Morgan fingerprint density at radius 2 is 1.74 bits per heavy atom. The van der Waals surface area contributed by atoms with Gasteiger partial charge in [-0.25, -0.2) is 4.98 Å². The summed E-state index contributed by atoms with van der Waals surface area (Å²) in [6.07, 6.45) is 8.33. The Morgan fingerprint density at radius 3 is 2.34 bits per heavy atom. The normalized spacial score (nSPS) is 23.1. The molecule has 0 spiro atoms. The van der Waals surface area contributed by atoms with Crippen LogP contribution in [0.5, 0.6) is 0 Å². The smallest absolute Gasteiger partial charge is 0.289 e. The molecule has 7 atom stereocenters. The quantitative estimate of drug-likeness (QED) is 0.211. The first-order chi connectivity index (χ1) is 22.3. The zero-order valence-electron chi connectivity index (χ0n) is 28.2. The lowest BCUT2D eigenvalue weighted by molar-refractivity contribution is -0.146. The van der Waals surface area contributed by atoms with Crippen molar-refractivity contribution in [3.05, 3.63) is 24.3 Å². The molecular weight excluding hydrogens is 606 g/mol. The highest BCUT2D eigenvalue weighted by Gasteiger charge is 2.52. The molecule has 14 heteroatoms. The average Bonchev–Trinajstić information content (AvgIpc) is 3.61. The molecule has 3 aliphatic rings. The van der Waals surface area contributed by atoms with E-state index in [1.807, 2.05) is 27.7 Å². The Labute approximate surface area is 275 Å². The van der Waals surface area contributed by atoms with Gasteiger partial charge in [-0.3, -0.25) is 33.8 Å². The molecule has 1 saturated heterocycles. The molecule has 2 unspecified atom stereocenters. The van der Waals surface area contributed by atoms with E-state index in [1.165, 1.54) is 30.6 Å². The summed E-state index contributed by atoms with van der Waals surface area (Å²) in [5, 5.41) is 11.0. The summed E-state index contributed by atoms with van der Waals surface area (Å²) in [4.78, 5) is 90.1. The Bertz CT molecular complexity index is 1330. The Balaban J connectivity index is 1.55. The highest BCUT2D eigenvalue weighted by Crippen LogP contribution is 2.43. The highest BCUT2D eigenvalue weighted by molar-refractivity contribution is 6.38. The zero-order valence-corrected chi connectivity index (χ0v) is 28.2. The van der Waals surface area contributed by atoms with Gasteiger partial charge in [0.25, 0.3) is 11.8 Å². The molecule has 258 valence electrons. The third kappa shape index (κ3) is 8.70. The van der Waals surface area contributed by atoms with Gasteiger partial charge in [-0.1, -0.05) is 40.5 Å². The fourth-order valence-electron chi connectivity index (χ4n) is 6.54. The number of fused-ring (bicyclic) bond motifs is 1. The maximum atomic E-state index is 14.4. The molecule has 0 bridgehead atoms. The van der Waals surface area contributed by atoms with E-state index in [4.69, 9.17) is 4.74 Å². The largest absolute Gasteiger partial charge is 0.379 e. The number of carbonyl (C=O) groups is 6. The van der Waals surface area contributed by atoms with Crippen LogP contribution < -0.4 is 21.3 Å². The van der Waals surface area contributed by atoms with Gasteiger partial charge in [0.05, 0.1) is 18.3 Å². The van der Waals surface area contributed by atoms with Crippen LogP contribution in [-0.2, 0) is 28.7 Å². The van der Waals surface area contributed by atoms with Crippen LogP contribution in [-0.4, -0.2) is 100 Å². The van der Waals surface area contributed by atoms with E-state index >= 15 is 0 Å². The number of amides is 5. The lowest BCUT2D eigenvalue weighted by atomic mass is 9.85. The van der Waals surface area contributed by atoms with Crippen molar-refractivity contribution in [3.63, 3.8) is 0 Å². The predicted octanol–water partition coefficient (Wildman–Crippen LogP) is 0.901. The van der Waals surface area contributed by atoms with E-state index in [0.29, 0.717) is 13.0 Å². The average molecular weight is 656 g/mol. The Morgan fingerprint density at radius 1 is 1.02 bits per heavy atom. The molecular formula is C33H49N7O7. The number of hydrogen-bond donors (Lipinski definition) is 4. The first-order valence-corrected chi connectivity index (χ1v) is 16.6. The summed E-state index contributed by atoms with van der Waals surface area (Å²) in [5.74, 6) is -3.59. The number of hydrogen-bond acceptors (Lipinski definition) is 9. The second-order valence-corrected chi connectivity index (χ2v) is 14.0. The standard InChI is InChI=1S/C33H49N7O7/c1-7-9-22(26(41)31(45)36-20-12-13-20)37-30(44)25-21-11-8-10-19(21)17-40(25)32(46)27(33(3,4)5)39-29(43)24(18(2)47-6)38-28(42)23-16-34-14-15-35-23/h14-16,18-22,24-25,27H,7-13,17H2,1-6H3,(H,36,45)(H,37,44)(H,38,42)(H,39,43)/t18-,19?,21?,22+,24+,25+,27-/m1/s1. The van der Waals surface area contributed by atoms with Crippen LogP contribution in [0.2, 0.25) is 0 Å². The van der Waals surface area contributed by atoms with Gasteiger partial charge in [0.1, 0.15) is 23.8 Å². The van der Waals surface area contributed by atoms with Crippen molar-refractivity contribution in [2.45, 2.75) is 116 Å². The van der Waals surface area contributed by atoms with E-state index < -0.39 is 71.0 Å². The zero-order chi connectivity index (χ0) is 34.5. The molecule has 1 aliphatic heterocycles. The van der Waals surface area contributed by atoms with Gasteiger partial charge in [-0.05, 0) is 56.3 Å². The second-order valence-electron chi connectivity index (χ2n) is 14.0. The predicted molar refractivity (Wildman–Crippen MR) is 170 cm³/mol. The van der Waals surface area contributed by atoms with Crippen LogP contribution >= 0.6 is 0 Å². The first-order valence-electron chi connectivity index (χ1n) is 16.6. The minimum Gasteiger partial charge on any atom is -0.379 e. The summed E-state index contributed by atoms with van der Waals surface area (Å²) in [5.41, 5.74) is -0.776. The molecule has 0 radical (unpaired) electrons. The van der Waals surface area contributed by atoms with E-state index in [-0.39, 0.29) is 30.0 Å². The van der Waals surface area contributed by atoms with E-state index in [0.717, 1.165) is 32.1 Å². The summed E-state index contributed by atoms with van der Waals surface area (Å²) >= 11 is 0. The number of carbonyl (C=O) groups excluding carboxylic acids is 6. The monoisotopic (exact) mass is 655 g/mol. The van der Waals surface area contributed by atoms with Crippen molar-refractivity contribution in [2.24, 2.45) is 17.3 Å². The van der Waals surface area contributed by atoms with Crippen LogP contribution in [0.3, 0.4) is 0 Å². The summed E-state index contributed by atoms with van der Waals surface area (Å²) in [7, 11) is 1.41. The Kier molecular flexibility index (Phi) is 11.7.